The van der Waals surface area contributed by atoms with E-state index in [9.17, 15) is 0 Å². The van der Waals surface area contributed by atoms with Crippen molar-refractivity contribution in [3.63, 3.8) is 0 Å². The van der Waals surface area contributed by atoms with Crippen LogP contribution in [0.5, 0.6) is 0 Å². The average Bonchev–Trinajstić information content (AvgIpc) is 2.60. The largest absolute Gasteiger partial charge is 0.350 e. The molecular formula is C13H18N4. The molecular weight excluding hydrogens is 212 g/mol. The van der Waals surface area contributed by atoms with Crippen LogP contribution in [0.3, 0.4) is 0 Å². The molecule has 1 aliphatic carbocycles. The van der Waals surface area contributed by atoms with Gasteiger partial charge in [-0.3, -0.25) is 0 Å². The number of hydrogen-bond donors (Lipinski definition) is 1. The van der Waals surface area contributed by atoms with Gasteiger partial charge < -0.3 is 5.32 Å². The first-order valence-electron chi connectivity index (χ1n) is 5.81. The van der Waals surface area contributed by atoms with Crippen LogP contribution in [0.4, 0.5) is 5.95 Å². The van der Waals surface area contributed by atoms with Gasteiger partial charge in [-0.2, -0.15) is 5.26 Å². The molecule has 1 fully saturated rings. The molecule has 4 nitrogen and oxygen atoms in total. The van der Waals surface area contributed by atoms with E-state index < -0.39 is 0 Å². The molecule has 0 amide bonds. The van der Waals surface area contributed by atoms with Crippen molar-refractivity contribution >= 4 is 5.95 Å². The Morgan fingerprint density at radius 3 is 2.29 bits per heavy atom. The Kier molecular flexibility index (Phi) is 2.39. The second-order valence-corrected chi connectivity index (χ2v) is 5.85. The van der Waals surface area contributed by atoms with Crippen LogP contribution in [-0.4, -0.2) is 16.0 Å². The van der Waals surface area contributed by atoms with E-state index in [1.54, 1.807) is 6.07 Å². The highest BCUT2D eigenvalue weighted by atomic mass is 15.2. The lowest BCUT2D eigenvalue weighted by atomic mass is 10.0. The SMILES string of the molecule is Cc1cc(C#N)nc(NC2C(C)(C)C2(C)C)n1. The van der Waals surface area contributed by atoms with Crippen molar-refractivity contribution in [3.05, 3.63) is 17.5 Å². The topological polar surface area (TPSA) is 61.6 Å². The predicted octanol–water partition coefficient (Wildman–Crippen LogP) is 2.50. The summed E-state index contributed by atoms with van der Waals surface area (Å²) in [5.74, 6) is 0.560. The molecule has 0 unspecified atom stereocenters. The molecule has 17 heavy (non-hydrogen) atoms. The molecule has 1 aromatic rings. The maximum Gasteiger partial charge on any atom is 0.224 e. The van der Waals surface area contributed by atoms with Crippen LogP contribution in [0, 0.1) is 29.1 Å². The molecule has 2 rings (SSSR count). The summed E-state index contributed by atoms with van der Waals surface area (Å²) in [5, 5.41) is 12.2. The fourth-order valence-electron chi connectivity index (χ4n) is 2.38. The molecule has 1 aliphatic rings. The molecule has 0 atom stereocenters. The molecule has 0 spiro atoms. The number of rotatable bonds is 2. The van der Waals surface area contributed by atoms with Gasteiger partial charge in [0.15, 0.2) is 0 Å². The lowest BCUT2D eigenvalue weighted by Crippen LogP contribution is -2.13. The molecule has 90 valence electrons. The minimum absolute atomic E-state index is 0.229. The van der Waals surface area contributed by atoms with Crippen LogP contribution in [0.2, 0.25) is 0 Å². The van der Waals surface area contributed by atoms with Gasteiger partial charge in [0.05, 0.1) is 0 Å². The highest BCUT2D eigenvalue weighted by Gasteiger charge is 2.65. The third kappa shape index (κ3) is 1.76. The van der Waals surface area contributed by atoms with Crippen molar-refractivity contribution in [2.45, 2.75) is 40.7 Å². The Hall–Kier alpha value is -1.63. The van der Waals surface area contributed by atoms with Crippen LogP contribution < -0.4 is 5.32 Å². The fourth-order valence-corrected chi connectivity index (χ4v) is 2.38. The summed E-state index contributed by atoms with van der Waals surface area (Å²) < 4.78 is 0. The van der Waals surface area contributed by atoms with Crippen molar-refractivity contribution in [2.75, 3.05) is 5.32 Å². The third-order valence-electron chi connectivity index (χ3n) is 4.26. The van der Waals surface area contributed by atoms with Gasteiger partial charge in [-0.1, -0.05) is 27.7 Å². The van der Waals surface area contributed by atoms with Crippen molar-refractivity contribution < 1.29 is 0 Å². The minimum Gasteiger partial charge on any atom is -0.350 e. The predicted molar refractivity (Wildman–Crippen MR) is 66.5 cm³/mol. The van der Waals surface area contributed by atoms with Crippen LogP contribution in [-0.2, 0) is 0 Å². The normalized spacial score (nSPS) is 20.7. The van der Waals surface area contributed by atoms with E-state index in [1.165, 1.54) is 0 Å². The molecule has 1 N–H and O–H groups in total. The number of aryl methyl sites for hydroxylation is 1. The van der Waals surface area contributed by atoms with E-state index >= 15 is 0 Å². The fraction of sp³-hybridized carbons (Fsp3) is 0.615. The second-order valence-electron chi connectivity index (χ2n) is 5.85. The van der Waals surface area contributed by atoms with E-state index in [4.69, 9.17) is 5.26 Å². The lowest BCUT2D eigenvalue weighted by molar-refractivity contribution is 0.457. The number of nitrogens with one attached hydrogen (secondary N) is 1. The van der Waals surface area contributed by atoms with Gasteiger partial charge in [-0.25, -0.2) is 9.97 Å². The Bertz CT molecular complexity index is 483. The molecule has 0 aromatic carbocycles. The second kappa shape index (κ2) is 3.43. The lowest BCUT2D eigenvalue weighted by Gasteiger charge is -2.07. The zero-order chi connectivity index (χ0) is 12.8. The maximum absolute atomic E-state index is 8.87. The molecule has 1 saturated carbocycles. The van der Waals surface area contributed by atoms with Crippen molar-refractivity contribution in [1.82, 2.24) is 9.97 Å². The van der Waals surface area contributed by atoms with Gasteiger partial charge in [0.25, 0.3) is 0 Å². The summed E-state index contributed by atoms with van der Waals surface area (Å²) >= 11 is 0. The van der Waals surface area contributed by atoms with E-state index in [0.29, 0.717) is 17.7 Å². The van der Waals surface area contributed by atoms with Crippen molar-refractivity contribution in [3.8, 4) is 6.07 Å². The van der Waals surface area contributed by atoms with Crippen LogP contribution >= 0.6 is 0 Å². The number of anilines is 1. The maximum atomic E-state index is 8.87. The zero-order valence-electron chi connectivity index (χ0n) is 11.0. The number of aromatic nitrogens is 2. The summed E-state index contributed by atoms with van der Waals surface area (Å²) in [5.41, 5.74) is 1.69. The summed E-state index contributed by atoms with van der Waals surface area (Å²) in [6, 6.07) is 4.09. The first kappa shape index (κ1) is 11.8. The number of nitrogens with zero attached hydrogens (tertiary/aromatic N) is 3. The smallest absolute Gasteiger partial charge is 0.224 e. The van der Waals surface area contributed by atoms with Crippen LogP contribution in [0.1, 0.15) is 39.1 Å². The van der Waals surface area contributed by atoms with E-state index in [2.05, 4.69) is 49.0 Å². The van der Waals surface area contributed by atoms with Gasteiger partial charge in [-0.05, 0) is 23.8 Å². The Morgan fingerprint density at radius 1 is 1.24 bits per heavy atom. The van der Waals surface area contributed by atoms with Gasteiger partial charge >= 0.3 is 0 Å². The summed E-state index contributed by atoms with van der Waals surface area (Å²) in [6.45, 7) is 10.8. The number of nitriles is 1. The van der Waals surface area contributed by atoms with Gasteiger partial charge in [0.1, 0.15) is 11.8 Å². The highest BCUT2D eigenvalue weighted by Crippen LogP contribution is 2.63. The molecule has 0 aliphatic heterocycles. The summed E-state index contributed by atoms with van der Waals surface area (Å²) in [7, 11) is 0. The summed E-state index contributed by atoms with van der Waals surface area (Å²) in [4.78, 5) is 8.50. The Balaban J connectivity index is 2.22. The zero-order valence-corrected chi connectivity index (χ0v) is 11.0. The molecule has 1 aromatic heterocycles. The van der Waals surface area contributed by atoms with Crippen molar-refractivity contribution in [1.29, 1.82) is 5.26 Å². The first-order valence-corrected chi connectivity index (χ1v) is 5.81. The third-order valence-corrected chi connectivity index (χ3v) is 4.26. The molecule has 1 heterocycles. The van der Waals surface area contributed by atoms with E-state index in [0.717, 1.165) is 5.69 Å². The Morgan fingerprint density at radius 2 is 1.82 bits per heavy atom. The molecule has 0 saturated heterocycles. The molecule has 0 bridgehead atoms. The van der Waals surface area contributed by atoms with E-state index in [1.807, 2.05) is 6.92 Å². The standard InChI is InChI=1S/C13H18N4/c1-8-6-9(7-14)16-11(15-8)17-10-12(2,3)13(10,4)5/h6,10H,1-5H3,(H,15,16,17). The van der Waals surface area contributed by atoms with Gasteiger partial charge in [-0.15, -0.1) is 0 Å². The van der Waals surface area contributed by atoms with Crippen LogP contribution in [0.15, 0.2) is 6.07 Å². The van der Waals surface area contributed by atoms with Gasteiger partial charge in [0.2, 0.25) is 5.95 Å². The van der Waals surface area contributed by atoms with E-state index in [-0.39, 0.29) is 10.8 Å². The van der Waals surface area contributed by atoms with Crippen molar-refractivity contribution in [2.24, 2.45) is 10.8 Å². The van der Waals surface area contributed by atoms with Gasteiger partial charge in [0, 0.05) is 11.7 Å². The average molecular weight is 230 g/mol. The molecule has 0 radical (unpaired) electrons. The molecule has 4 heteroatoms. The first-order chi connectivity index (χ1) is 7.79. The Labute approximate surface area is 102 Å². The quantitative estimate of drug-likeness (QED) is 0.848. The number of hydrogen-bond acceptors (Lipinski definition) is 4. The summed E-state index contributed by atoms with van der Waals surface area (Å²) in [6.07, 6.45) is 0. The van der Waals surface area contributed by atoms with Crippen LogP contribution in [0.25, 0.3) is 0 Å². The monoisotopic (exact) mass is 230 g/mol. The minimum atomic E-state index is 0.229. The highest BCUT2D eigenvalue weighted by molar-refractivity contribution is 5.39.